The first-order chi connectivity index (χ1) is 6.83. The second kappa shape index (κ2) is 6.79. The van der Waals surface area contributed by atoms with E-state index >= 15 is 0 Å². The first-order valence-corrected chi connectivity index (χ1v) is 5.40. The summed E-state index contributed by atoms with van der Waals surface area (Å²) in [5.74, 6) is 0.148. The zero-order valence-electron chi connectivity index (χ0n) is 8.84. The molecule has 0 spiro atoms. The Hall–Kier alpha value is -0.610. The van der Waals surface area contributed by atoms with Gasteiger partial charge in [0.05, 0.1) is 6.61 Å². The molecule has 82 valence electrons. The monoisotopic (exact) mass is 200 g/mol. The van der Waals surface area contributed by atoms with E-state index in [-0.39, 0.29) is 5.91 Å². The van der Waals surface area contributed by atoms with E-state index in [1.54, 1.807) is 0 Å². The molecule has 2 N–H and O–H groups in total. The Kier molecular flexibility index (Phi) is 5.56. The lowest BCUT2D eigenvalue weighted by molar-refractivity contribution is -0.119. The van der Waals surface area contributed by atoms with E-state index in [4.69, 9.17) is 4.74 Å². The third kappa shape index (κ3) is 4.58. The normalized spacial score (nSPS) is 21.2. The van der Waals surface area contributed by atoms with E-state index in [9.17, 15) is 4.79 Å². The summed E-state index contributed by atoms with van der Waals surface area (Å²) < 4.78 is 5.39. The molecule has 1 aliphatic heterocycles. The van der Waals surface area contributed by atoms with Crippen molar-refractivity contribution < 1.29 is 9.53 Å². The van der Waals surface area contributed by atoms with Crippen molar-refractivity contribution in [2.75, 3.05) is 26.3 Å². The lowest BCUT2D eigenvalue weighted by atomic mass is 10.2. The molecule has 0 aromatic carbocycles. The Labute approximate surface area is 85.4 Å². The van der Waals surface area contributed by atoms with Crippen molar-refractivity contribution in [1.82, 2.24) is 10.6 Å². The molecule has 1 atom stereocenters. The van der Waals surface area contributed by atoms with Crippen molar-refractivity contribution in [3.63, 3.8) is 0 Å². The first-order valence-electron chi connectivity index (χ1n) is 5.40. The highest BCUT2D eigenvalue weighted by molar-refractivity contribution is 5.78. The molecular formula is C10H20N2O2. The first kappa shape index (κ1) is 11.5. The fourth-order valence-electron chi connectivity index (χ4n) is 1.43. The molecule has 0 aliphatic carbocycles. The highest BCUT2D eigenvalue weighted by Crippen LogP contribution is 1.98. The van der Waals surface area contributed by atoms with Crippen LogP contribution >= 0.6 is 0 Å². The van der Waals surface area contributed by atoms with Gasteiger partial charge in [0.2, 0.25) is 5.91 Å². The number of carbonyl (C=O) groups is 1. The fourth-order valence-corrected chi connectivity index (χ4v) is 1.43. The van der Waals surface area contributed by atoms with Crippen LogP contribution < -0.4 is 10.6 Å². The van der Waals surface area contributed by atoms with Crippen LogP contribution in [0, 0.1) is 0 Å². The third-order valence-electron chi connectivity index (χ3n) is 2.30. The minimum Gasteiger partial charge on any atom is -0.380 e. The average Bonchev–Trinajstić information content (AvgIpc) is 2.58. The van der Waals surface area contributed by atoms with Crippen molar-refractivity contribution in [3.8, 4) is 0 Å². The maximum atomic E-state index is 10.8. The van der Waals surface area contributed by atoms with Crippen LogP contribution in [-0.2, 0) is 9.53 Å². The van der Waals surface area contributed by atoms with Gasteiger partial charge in [0.25, 0.3) is 0 Å². The van der Waals surface area contributed by atoms with Gasteiger partial charge in [-0.2, -0.15) is 0 Å². The molecule has 1 saturated heterocycles. The van der Waals surface area contributed by atoms with Crippen LogP contribution in [0.3, 0.4) is 0 Å². The Bertz CT molecular complexity index is 174. The Morgan fingerprint density at radius 2 is 2.43 bits per heavy atom. The van der Waals surface area contributed by atoms with Gasteiger partial charge >= 0.3 is 0 Å². The number of nitrogens with one attached hydrogen (secondary N) is 2. The van der Waals surface area contributed by atoms with Crippen molar-refractivity contribution >= 4 is 5.91 Å². The second-order valence-corrected chi connectivity index (χ2v) is 3.63. The van der Waals surface area contributed by atoms with Crippen LogP contribution in [0.1, 0.15) is 26.2 Å². The summed E-state index contributed by atoms with van der Waals surface area (Å²) in [5, 5.41) is 6.07. The summed E-state index contributed by atoms with van der Waals surface area (Å²) in [6, 6.07) is 0.303. The van der Waals surface area contributed by atoms with Gasteiger partial charge in [0, 0.05) is 32.2 Å². The van der Waals surface area contributed by atoms with Crippen LogP contribution in [-0.4, -0.2) is 38.3 Å². The molecule has 1 rings (SSSR count). The number of amides is 1. The van der Waals surface area contributed by atoms with E-state index in [0.717, 1.165) is 32.7 Å². The number of hydrogen-bond donors (Lipinski definition) is 2. The summed E-state index contributed by atoms with van der Waals surface area (Å²) in [6.45, 7) is 5.33. The van der Waals surface area contributed by atoms with E-state index < -0.39 is 0 Å². The molecule has 0 bridgehead atoms. The molecule has 0 aromatic heterocycles. The van der Waals surface area contributed by atoms with Gasteiger partial charge < -0.3 is 15.4 Å². The van der Waals surface area contributed by atoms with Crippen LogP contribution in [0.15, 0.2) is 0 Å². The number of ether oxygens (including phenoxy) is 1. The molecule has 1 amide bonds. The highest BCUT2D eigenvalue weighted by Gasteiger charge is 2.19. The van der Waals surface area contributed by atoms with Gasteiger partial charge in [-0.15, -0.1) is 0 Å². The van der Waals surface area contributed by atoms with E-state index in [1.807, 2.05) is 0 Å². The van der Waals surface area contributed by atoms with Gasteiger partial charge in [0.15, 0.2) is 0 Å². The van der Waals surface area contributed by atoms with Gasteiger partial charge in [-0.1, -0.05) is 13.3 Å². The van der Waals surface area contributed by atoms with Gasteiger partial charge in [-0.3, -0.25) is 4.79 Å². The zero-order chi connectivity index (χ0) is 10.2. The minimum atomic E-state index is 0.148. The predicted molar refractivity (Wildman–Crippen MR) is 55.1 cm³/mol. The van der Waals surface area contributed by atoms with Crippen molar-refractivity contribution in [2.45, 2.75) is 32.2 Å². The quantitative estimate of drug-likeness (QED) is 0.580. The standard InChI is InChI=1S/C10H20N2O2/c1-2-3-5-14-6-4-11-9-7-10(13)12-8-9/h9,11H,2-8H2,1H3,(H,12,13). The maximum Gasteiger partial charge on any atom is 0.221 e. The third-order valence-corrected chi connectivity index (χ3v) is 2.30. The van der Waals surface area contributed by atoms with Gasteiger partial charge in [0.1, 0.15) is 0 Å². The predicted octanol–water partition coefficient (Wildman–Crippen LogP) is 0.281. The molecule has 1 unspecified atom stereocenters. The van der Waals surface area contributed by atoms with Crippen LogP contribution in [0.4, 0.5) is 0 Å². The summed E-state index contributed by atoms with van der Waals surface area (Å²) >= 11 is 0. The molecule has 4 nitrogen and oxygen atoms in total. The Morgan fingerprint density at radius 1 is 1.57 bits per heavy atom. The summed E-state index contributed by atoms with van der Waals surface area (Å²) in [5.41, 5.74) is 0. The second-order valence-electron chi connectivity index (χ2n) is 3.63. The molecular weight excluding hydrogens is 180 g/mol. The molecule has 0 saturated carbocycles. The number of unbranched alkanes of at least 4 members (excludes halogenated alkanes) is 1. The molecule has 1 fully saturated rings. The minimum absolute atomic E-state index is 0.148. The van der Waals surface area contributed by atoms with E-state index in [1.165, 1.54) is 6.42 Å². The van der Waals surface area contributed by atoms with E-state index in [2.05, 4.69) is 17.6 Å². The molecule has 1 aliphatic rings. The lowest BCUT2D eigenvalue weighted by Gasteiger charge is -2.09. The topological polar surface area (TPSA) is 50.4 Å². The number of hydrogen-bond acceptors (Lipinski definition) is 3. The summed E-state index contributed by atoms with van der Waals surface area (Å²) in [7, 11) is 0. The lowest BCUT2D eigenvalue weighted by Crippen LogP contribution is -2.33. The SMILES string of the molecule is CCCCOCCNC1CNC(=O)C1. The van der Waals surface area contributed by atoms with Crippen molar-refractivity contribution in [1.29, 1.82) is 0 Å². The van der Waals surface area contributed by atoms with Crippen LogP contribution in [0.5, 0.6) is 0 Å². The fraction of sp³-hybridized carbons (Fsp3) is 0.900. The van der Waals surface area contributed by atoms with Crippen molar-refractivity contribution in [3.05, 3.63) is 0 Å². The molecule has 14 heavy (non-hydrogen) atoms. The Morgan fingerprint density at radius 3 is 3.07 bits per heavy atom. The van der Waals surface area contributed by atoms with Gasteiger partial charge in [-0.25, -0.2) is 0 Å². The molecule has 0 radical (unpaired) electrons. The zero-order valence-corrected chi connectivity index (χ0v) is 8.84. The highest BCUT2D eigenvalue weighted by atomic mass is 16.5. The van der Waals surface area contributed by atoms with E-state index in [0.29, 0.717) is 12.5 Å². The number of carbonyl (C=O) groups excluding carboxylic acids is 1. The smallest absolute Gasteiger partial charge is 0.221 e. The summed E-state index contributed by atoms with van der Waals surface area (Å²) in [6.07, 6.45) is 2.91. The van der Waals surface area contributed by atoms with Crippen LogP contribution in [0.2, 0.25) is 0 Å². The van der Waals surface area contributed by atoms with Crippen LogP contribution in [0.25, 0.3) is 0 Å². The average molecular weight is 200 g/mol. The molecule has 4 heteroatoms. The van der Waals surface area contributed by atoms with Gasteiger partial charge in [-0.05, 0) is 6.42 Å². The number of rotatable bonds is 7. The molecule has 0 aromatic rings. The van der Waals surface area contributed by atoms with Crippen molar-refractivity contribution in [2.24, 2.45) is 0 Å². The Balaban J connectivity index is 1.86. The largest absolute Gasteiger partial charge is 0.380 e. The molecule has 1 heterocycles. The maximum absolute atomic E-state index is 10.8. The summed E-state index contributed by atoms with van der Waals surface area (Å²) in [4.78, 5) is 10.8.